The fraction of sp³-hybridized carbons (Fsp3) is 0.417. The number of hydrogen-bond acceptors (Lipinski definition) is 4. The number of sulfonamides is 1. The van der Waals surface area contributed by atoms with E-state index in [1.165, 1.54) is 12.1 Å². The van der Waals surface area contributed by atoms with Crippen LogP contribution in [0.1, 0.15) is 12.8 Å². The number of carboxylic acids is 1. The molecule has 1 aromatic carbocycles. The minimum absolute atomic E-state index is 0.0716. The Hall–Kier alpha value is -0.960. The quantitative estimate of drug-likeness (QED) is 0.823. The maximum atomic E-state index is 12.0. The average Bonchev–Trinajstić information content (AvgIpc) is 2.86. The molecule has 1 fully saturated rings. The second-order valence-corrected chi connectivity index (χ2v) is 7.15. The highest BCUT2D eigenvalue weighted by atomic mass is 79.9. The number of hydrogen-bond donors (Lipinski definition) is 2. The van der Waals surface area contributed by atoms with Crippen LogP contribution < -0.4 is 4.72 Å². The zero-order valence-electron chi connectivity index (χ0n) is 10.5. The summed E-state index contributed by atoms with van der Waals surface area (Å²) < 4.78 is 32.5. The van der Waals surface area contributed by atoms with Gasteiger partial charge in [-0.15, -0.1) is 0 Å². The first-order valence-corrected chi connectivity index (χ1v) is 8.29. The topological polar surface area (TPSA) is 92.7 Å². The second-order valence-electron chi connectivity index (χ2n) is 4.47. The summed E-state index contributed by atoms with van der Waals surface area (Å²) in [5.74, 6) is -1.01. The molecule has 1 saturated heterocycles. The molecule has 2 unspecified atom stereocenters. The monoisotopic (exact) mass is 363 g/mol. The van der Waals surface area contributed by atoms with Crippen LogP contribution in [0, 0.1) is 0 Å². The van der Waals surface area contributed by atoms with Crippen molar-refractivity contribution in [1.82, 2.24) is 4.72 Å². The number of ether oxygens (including phenoxy) is 1. The predicted octanol–water partition coefficient (Wildman–Crippen LogP) is 1.36. The highest BCUT2D eigenvalue weighted by Crippen LogP contribution is 2.20. The van der Waals surface area contributed by atoms with Crippen LogP contribution >= 0.6 is 15.9 Å². The Morgan fingerprint density at radius 3 is 2.55 bits per heavy atom. The van der Waals surface area contributed by atoms with E-state index in [0.29, 0.717) is 12.8 Å². The zero-order chi connectivity index (χ0) is 14.8. The summed E-state index contributed by atoms with van der Waals surface area (Å²) in [4.78, 5) is 10.9. The lowest BCUT2D eigenvalue weighted by atomic mass is 10.2. The zero-order valence-corrected chi connectivity index (χ0v) is 12.9. The molecular weight excluding hydrogens is 350 g/mol. The van der Waals surface area contributed by atoms with Crippen LogP contribution in [0.2, 0.25) is 0 Å². The Morgan fingerprint density at radius 2 is 2.00 bits per heavy atom. The molecule has 1 aromatic rings. The van der Waals surface area contributed by atoms with E-state index in [4.69, 9.17) is 9.84 Å². The van der Waals surface area contributed by atoms with Gasteiger partial charge in [-0.25, -0.2) is 17.9 Å². The Labute approximate surface area is 125 Å². The first-order chi connectivity index (χ1) is 9.38. The molecule has 110 valence electrons. The van der Waals surface area contributed by atoms with Gasteiger partial charge in [0.15, 0.2) is 6.10 Å². The molecule has 1 aliphatic rings. The standard InChI is InChI=1S/C12H14BrNO5S/c13-8-1-4-10(5-2-8)20(17,18)14-7-9-3-6-11(19-9)12(15)16/h1-2,4-5,9,11,14H,3,6-7H2,(H,15,16). The lowest BCUT2D eigenvalue weighted by Crippen LogP contribution is -2.33. The van der Waals surface area contributed by atoms with E-state index < -0.39 is 28.2 Å². The fourth-order valence-corrected chi connectivity index (χ4v) is 3.27. The normalized spacial score (nSPS) is 22.9. The van der Waals surface area contributed by atoms with Crippen molar-refractivity contribution in [2.75, 3.05) is 6.54 Å². The summed E-state index contributed by atoms with van der Waals surface area (Å²) in [6.07, 6.45) is -0.307. The van der Waals surface area contributed by atoms with Gasteiger partial charge in [-0.05, 0) is 37.1 Å². The van der Waals surface area contributed by atoms with Crippen molar-refractivity contribution >= 4 is 31.9 Å². The summed E-state index contributed by atoms with van der Waals surface area (Å²) in [5, 5.41) is 8.80. The predicted molar refractivity (Wildman–Crippen MR) is 74.9 cm³/mol. The maximum Gasteiger partial charge on any atom is 0.332 e. The van der Waals surface area contributed by atoms with Crippen molar-refractivity contribution in [2.45, 2.75) is 29.9 Å². The van der Waals surface area contributed by atoms with Gasteiger partial charge in [0.05, 0.1) is 11.0 Å². The van der Waals surface area contributed by atoms with Crippen molar-refractivity contribution < 1.29 is 23.1 Å². The summed E-state index contributed by atoms with van der Waals surface area (Å²) >= 11 is 3.23. The highest BCUT2D eigenvalue weighted by molar-refractivity contribution is 9.10. The molecule has 0 saturated carbocycles. The Balaban J connectivity index is 1.93. The van der Waals surface area contributed by atoms with Crippen molar-refractivity contribution in [1.29, 1.82) is 0 Å². The van der Waals surface area contributed by atoms with Crippen LogP contribution in [0.3, 0.4) is 0 Å². The first kappa shape index (κ1) is 15.4. The average molecular weight is 364 g/mol. The number of nitrogens with one attached hydrogen (secondary N) is 1. The van der Waals surface area contributed by atoms with Crippen molar-refractivity contribution in [3.63, 3.8) is 0 Å². The molecule has 0 aliphatic carbocycles. The smallest absolute Gasteiger partial charge is 0.332 e. The van der Waals surface area contributed by atoms with Crippen molar-refractivity contribution in [2.24, 2.45) is 0 Å². The van der Waals surface area contributed by atoms with Gasteiger partial charge in [0.2, 0.25) is 10.0 Å². The maximum absolute atomic E-state index is 12.0. The molecule has 1 heterocycles. The Kier molecular flexibility index (Phi) is 4.79. The third-order valence-corrected chi connectivity index (χ3v) is 4.98. The van der Waals surface area contributed by atoms with E-state index in [-0.39, 0.29) is 11.4 Å². The fourth-order valence-electron chi connectivity index (χ4n) is 1.94. The molecule has 2 rings (SSSR count). The third kappa shape index (κ3) is 3.78. The minimum atomic E-state index is -3.60. The van der Waals surface area contributed by atoms with E-state index >= 15 is 0 Å². The lowest BCUT2D eigenvalue weighted by Gasteiger charge is -2.12. The summed E-state index contributed by atoms with van der Waals surface area (Å²) in [5.41, 5.74) is 0. The largest absolute Gasteiger partial charge is 0.479 e. The van der Waals surface area contributed by atoms with Crippen LogP contribution in [0.4, 0.5) is 0 Å². The number of aliphatic carboxylic acids is 1. The van der Waals surface area contributed by atoms with Gasteiger partial charge in [-0.2, -0.15) is 0 Å². The molecule has 0 amide bonds. The number of carboxylic acid groups (broad SMARTS) is 1. The molecule has 8 heteroatoms. The first-order valence-electron chi connectivity index (χ1n) is 6.02. The van der Waals surface area contributed by atoms with Gasteiger partial charge in [-0.3, -0.25) is 0 Å². The molecule has 2 N–H and O–H groups in total. The molecule has 20 heavy (non-hydrogen) atoms. The third-order valence-electron chi connectivity index (χ3n) is 3.01. The molecular formula is C12H14BrNO5S. The Morgan fingerprint density at radius 1 is 1.35 bits per heavy atom. The van der Waals surface area contributed by atoms with Crippen LogP contribution in [-0.4, -0.2) is 38.2 Å². The van der Waals surface area contributed by atoms with Gasteiger partial charge >= 0.3 is 5.97 Å². The van der Waals surface area contributed by atoms with Crippen molar-refractivity contribution in [3.05, 3.63) is 28.7 Å². The molecule has 0 radical (unpaired) electrons. The lowest BCUT2D eigenvalue weighted by molar-refractivity contribution is -0.149. The summed E-state index contributed by atoms with van der Waals surface area (Å²) in [7, 11) is -3.60. The van der Waals surface area contributed by atoms with Crippen molar-refractivity contribution in [3.8, 4) is 0 Å². The minimum Gasteiger partial charge on any atom is -0.479 e. The molecule has 0 spiro atoms. The van der Waals surface area contributed by atoms with E-state index in [1.807, 2.05) is 0 Å². The van der Waals surface area contributed by atoms with E-state index in [1.54, 1.807) is 12.1 Å². The Bertz CT molecular complexity index is 586. The summed E-state index contributed by atoms with van der Waals surface area (Å²) in [6.45, 7) is 0.0716. The number of rotatable bonds is 5. The molecule has 6 nitrogen and oxygen atoms in total. The number of halogens is 1. The van der Waals surface area contributed by atoms with Gasteiger partial charge in [0.25, 0.3) is 0 Å². The van der Waals surface area contributed by atoms with Gasteiger partial charge < -0.3 is 9.84 Å². The molecule has 0 bridgehead atoms. The summed E-state index contributed by atoms with van der Waals surface area (Å²) in [6, 6.07) is 6.26. The number of benzene rings is 1. The van der Waals surface area contributed by atoms with Gasteiger partial charge in [0.1, 0.15) is 0 Å². The SMILES string of the molecule is O=C(O)C1CCC(CNS(=O)(=O)c2ccc(Br)cc2)O1. The highest BCUT2D eigenvalue weighted by Gasteiger charge is 2.31. The van der Waals surface area contributed by atoms with Gasteiger partial charge in [0, 0.05) is 11.0 Å². The molecule has 0 aromatic heterocycles. The van der Waals surface area contributed by atoms with Gasteiger partial charge in [-0.1, -0.05) is 15.9 Å². The molecule has 1 aliphatic heterocycles. The van der Waals surface area contributed by atoms with E-state index in [0.717, 1.165) is 4.47 Å². The van der Waals surface area contributed by atoms with Crippen LogP contribution in [-0.2, 0) is 19.6 Å². The number of carbonyl (C=O) groups is 1. The second kappa shape index (κ2) is 6.21. The van der Waals surface area contributed by atoms with E-state index in [2.05, 4.69) is 20.7 Å². The van der Waals surface area contributed by atoms with Crippen LogP contribution in [0.25, 0.3) is 0 Å². The van der Waals surface area contributed by atoms with Crippen LogP contribution in [0.5, 0.6) is 0 Å². The molecule has 2 atom stereocenters. The van der Waals surface area contributed by atoms with Crippen LogP contribution in [0.15, 0.2) is 33.6 Å². The van der Waals surface area contributed by atoms with E-state index in [9.17, 15) is 13.2 Å².